The SMILES string of the molecule is O=C1C=C(Br)C(=O)C2=C1[C@@H](c1ccc3ccccc3c1O)C1=CC[C@@H]3C(=O)NC(=O)[C@@H]3[C@@H]1C2. The third-order valence-electron chi connectivity index (χ3n) is 7.42. The van der Waals surface area contributed by atoms with Gasteiger partial charge in [0, 0.05) is 34.1 Å². The van der Waals surface area contributed by atoms with Gasteiger partial charge in [0.05, 0.1) is 16.3 Å². The van der Waals surface area contributed by atoms with Crippen LogP contribution in [0.25, 0.3) is 10.8 Å². The molecule has 4 aliphatic rings. The number of halogens is 1. The number of allylic oxidation sites excluding steroid dienone is 6. The van der Waals surface area contributed by atoms with Gasteiger partial charge in [-0.1, -0.05) is 48.0 Å². The molecule has 6 nitrogen and oxygen atoms in total. The molecule has 3 aliphatic carbocycles. The second-order valence-electron chi connectivity index (χ2n) is 8.97. The van der Waals surface area contributed by atoms with Crippen molar-refractivity contribution in [1.29, 1.82) is 0 Å². The van der Waals surface area contributed by atoms with E-state index >= 15 is 0 Å². The molecule has 0 saturated carbocycles. The monoisotopic (exact) mass is 503 g/mol. The smallest absolute Gasteiger partial charge is 0.231 e. The van der Waals surface area contributed by atoms with Gasteiger partial charge in [0.15, 0.2) is 11.6 Å². The molecule has 1 saturated heterocycles. The van der Waals surface area contributed by atoms with E-state index < -0.39 is 23.7 Å². The lowest BCUT2D eigenvalue weighted by atomic mass is 9.59. The van der Waals surface area contributed by atoms with Gasteiger partial charge in [-0.2, -0.15) is 0 Å². The van der Waals surface area contributed by atoms with Crippen LogP contribution in [0.5, 0.6) is 5.75 Å². The minimum absolute atomic E-state index is 0.0504. The number of rotatable bonds is 1. The predicted octanol–water partition coefficient (Wildman–Crippen LogP) is 3.60. The van der Waals surface area contributed by atoms with Crippen molar-refractivity contribution in [3.05, 3.63) is 75.3 Å². The number of carbonyl (C=O) groups excluding carboxylic acids is 4. The maximum atomic E-state index is 13.2. The highest BCUT2D eigenvalue weighted by Crippen LogP contribution is 2.55. The number of phenols is 1. The minimum atomic E-state index is -0.666. The molecule has 0 spiro atoms. The summed E-state index contributed by atoms with van der Waals surface area (Å²) in [5.41, 5.74) is 2.03. The van der Waals surface area contributed by atoms with Crippen LogP contribution < -0.4 is 5.32 Å². The van der Waals surface area contributed by atoms with Crippen molar-refractivity contribution in [3.8, 4) is 5.75 Å². The highest BCUT2D eigenvalue weighted by Gasteiger charge is 2.53. The Kier molecular flexibility index (Phi) is 4.36. The van der Waals surface area contributed by atoms with E-state index in [4.69, 9.17) is 0 Å². The van der Waals surface area contributed by atoms with E-state index in [1.807, 2.05) is 36.4 Å². The van der Waals surface area contributed by atoms with Gasteiger partial charge in [0.25, 0.3) is 0 Å². The van der Waals surface area contributed by atoms with Gasteiger partial charge < -0.3 is 5.11 Å². The zero-order valence-corrected chi connectivity index (χ0v) is 18.9. The maximum absolute atomic E-state index is 13.2. The zero-order valence-electron chi connectivity index (χ0n) is 17.3. The predicted molar refractivity (Wildman–Crippen MR) is 123 cm³/mol. The number of Topliss-reactive ketones (excluding diaryl/α,β-unsaturated/α-hetero) is 1. The Bertz CT molecular complexity index is 1420. The highest BCUT2D eigenvalue weighted by molar-refractivity contribution is 9.12. The van der Waals surface area contributed by atoms with E-state index in [1.54, 1.807) is 6.07 Å². The molecule has 0 radical (unpaired) electrons. The van der Waals surface area contributed by atoms with Gasteiger partial charge in [0.1, 0.15) is 5.75 Å². The largest absolute Gasteiger partial charge is 0.507 e. The summed E-state index contributed by atoms with van der Waals surface area (Å²) in [6, 6.07) is 11.1. The van der Waals surface area contributed by atoms with Crippen LogP contribution in [0.15, 0.2) is 69.8 Å². The van der Waals surface area contributed by atoms with Gasteiger partial charge in [0.2, 0.25) is 11.8 Å². The molecule has 2 aromatic rings. The second-order valence-corrected chi connectivity index (χ2v) is 9.83. The fourth-order valence-corrected chi connectivity index (χ4v) is 6.43. The summed E-state index contributed by atoms with van der Waals surface area (Å²) in [6.07, 6.45) is 3.80. The maximum Gasteiger partial charge on any atom is 0.231 e. The lowest BCUT2D eigenvalue weighted by molar-refractivity contribution is -0.126. The number of hydrogen-bond donors (Lipinski definition) is 2. The number of nitrogens with one attached hydrogen (secondary N) is 1. The van der Waals surface area contributed by atoms with E-state index in [2.05, 4.69) is 21.2 Å². The minimum Gasteiger partial charge on any atom is -0.507 e. The Morgan fingerprint density at radius 1 is 0.970 bits per heavy atom. The first-order valence-corrected chi connectivity index (χ1v) is 11.6. The van der Waals surface area contributed by atoms with Gasteiger partial charge in [-0.25, -0.2) is 0 Å². The number of phenolic OH excluding ortho intramolecular Hbond substituents is 1. The second kappa shape index (κ2) is 7.09. The van der Waals surface area contributed by atoms with Crippen molar-refractivity contribution in [1.82, 2.24) is 5.32 Å². The van der Waals surface area contributed by atoms with Gasteiger partial charge in [-0.05, 0) is 40.1 Å². The molecule has 2 N–H and O–H groups in total. The summed E-state index contributed by atoms with van der Waals surface area (Å²) < 4.78 is 0.180. The summed E-state index contributed by atoms with van der Waals surface area (Å²) in [7, 11) is 0. The number of benzene rings is 2. The number of imide groups is 1. The van der Waals surface area contributed by atoms with Gasteiger partial charge >= 0.3 is 0 Å². The molecule has 33 heavy (non-hydrogen) atoms. The van der Waals surface area contributed by atoms with E-state index in [0.29, 0.717) is 28.5 Å². The summed E-state index contributed by atoms with van der Waals surface area (Å²) >= 11 is 3.20. The first-order chi connectivity index (χ1) is 15.9. The molecule has 1 aliphatic heterocycles. The summed E-state index contributed by atoms with van der Waals surface area (Å²) in [6.45, 7) is 0. The topological polar surface area (TPSA) is 101 Å². The van der Waals surface area contributed by atoms with E-state index in [1.165, 1.54) is 6.08 Å². The number of carbonyl (C=O) groups is 4. The van der Waals surface area contributed by atoms with Crippen LogP contribution in [-0.2, 0) is 19.2 Å². The quantitative estimate of drug-likeness (QED) is 0.351. The number of ketones is 2. The van der Waals surface area contributed by atoms with Crippen LogP contribution in [0.3, 0.4) is 0 Å². The molecule has 2 aromatic carbocycles. The van der Waals surface area contributed by atoms with Crippen molar-refractivity contribution in [2.24, 2.45) is 17.8 Å². The van der Waals surface area contributed by atoms with Crippen LogP contribution >= 0.6 is 15.9 Å². The molecule has 6 rings (SSSR count). The Hall–Kier alpha value is -3.32. The number of hydrogen-bond acceptors (Lipinski definition) is 5. The Morgan fingerprint density at radius 2 is 1.76 bits per heavy atom. The molecule has 0 bridgehead atoms. The van der Waals surface area contributed by atoms with Gasteiger partial charge in [-0.3, -0.25) is 24.5 Å². The van der Waals surface area contributed by atoms with Crippen LogP contribution in [0.2, 0.25) is 0 Å². The van der Waals surface area contributed by atoms with Crippen LogP contribution in [0.4, 0.5) is 0 Å². The van der Waals surface area contributed by atoms with Crippen LogP contribution in [0, 0.1) is 17.8 Å². The molecule has 164 valence electrons. The average molecular weight is 504 g/mol. The van der Waals surface area contributed by atoms with Crippen molar-refractivity contribution in [3.63, 3.8) is 0 Å². The summed E-state index contributed by atoms with van der Waals surface area (Å²) in [5, 5.41) is 15.2. The molecule has 7 heteroatoms. The Labute approximate surface area is 197 Å². The number of amides is 2. The molecule has 1 fully saturated rings. The zero-order chi connectivity index (χ0) is 23.0. The Morgan fingerprint density at radius 3 is 2.58 bits per heavy atom. The molecule has 0 aromatic heterocycles. The Balaban J connectivity index is 1.61. The number of fused-ring (bicyclic) bond motifs is 4. The van der Waals surface area contributed by atoms with Gasteiger partial charge in [-0.15, -0.1) is 0 Å². The molecule has 1 heterocycles. The highest BCUT2D eigenvalue weighted by atomic mass is 79.9. The summed E-state index contributed by atoms with van der Waals surface area (Å²) in [5.74, 6) is -3.30. The first kappa shape index (κ1) is 20.3. The molecular weight excluding hydrogens is 486 g/mol. The fraction of sp³-hybridized carbons (Fsp3) is 0.231. The molecular formula is C26H18BrNO5. The average Bonchev–Trinajstić information content (AvgIpc) is 3.10. The lowest BCUT2D eigenvalue weighted by Crippen LogP contribution is -2.39. The standard InChI is InChI=1S/C26H18BrNO5/c27-18-10-19(29)22-17(24(18)31)9-16-13(7-8-15-21(16)26(33)28-25(15)32)20(22)14-6-5-11-3-1-2-4-12(11)23(14)30/h1-7,10,15-16,20-21,30H,8-9H2,(H,28,32,33)/t15-,16+,20+,21-/m0/s1. The normalized spacial score (nSPS) is 28.8. The fourth-order valence-electron chi connectivity index (χ4n) is 5.98. The van der Waals surface area contributed by atoms with Crippen molar-refractivity contribution in [2.75, 3.05) is 0 Å². The van der Waals surface area contributed by atoms with E-state index in [9.17, 15) is 24.3 Å². The third-order valence-corrected chi connectivity index (χ3v) is 8.01. The summed E-state index contributed by atoms with van der Waals surface area (Å²) in [4.78, 5) is 51.4. The molecule has 0 unspecified atom stereocenters. The molecule has 2 amide bonds. The lowest BCUT2D eigenvalue weighted by Gasteiger charge is -2.42. The van der Waals surface area contributed by atoms with Crippen LogP contribution in [-0.4, -0.2) is 28.5 Å². The third kappa shape index (κ3) is 2.78. The number of aromatic hydroxyl groups is 1. The van der Waals surface area contributed by atoms with Crippen molar-refractivity contribution < 1.29 is 24.3 Å². The first-order valence-electron chi connectivity index (χ1n) is 10.8. The van der Waals surface area contributed by atoms with Crippen molar-refractivity contribution >= 4 is 50.1 Å². The van der Waals surface area contributed by atoms with E-state index in [-0.39, 0.29) is 40.0 Å². The molecule has 4 atom stereocenters. The van der Waals surface area contributed by atoms with E-state index in [0.717, 1.165) is 11.0 Å². The van der Waals surface area contributed by atoms with Crippen molar-refractivity contribution in [2.45, 2.75) is 18.8 Å². The van der Waals surface area contributed by atoms with Crippen LogP contribution in [0.1, 0.15) is 24.3 Å².